The number of aromatic nitrogens is 3. The topological polar surface area (TPSA) is 114 Å². The first-order valence-electron chi connectivity index (χ1n) is 12.1. The molecular formula is C24H33N7O4. The Morgan fingerprint density at radius 1 is 0.886 bits per heavy atom. The van der Waals surface area contributed by atoms with Crippen molar-refractivity contribution in [2.75, 3.05) is 55.6 Å². The Hall–Kier alpha value is -3.63. The lowest BCUT2D eigenvalue weighted by Gasteiger charge is -2.30. The van der Waals surface area contributed by atoms with Gasteiger partial charge in [0.2, 0.25) is 23.6 Å². The molecule has 0 bridgehead atoms. The van der Waals surface area contributed by atoms with Gasteiger partial charge in [-0.25, -0.2) is 5.43 Å². The van der Waals surface area contributed by atoms with Crippen molar-refractivity contribution in [2.24, 2.45) is 5.10 Å². The fourth-order valence-electron chi connectivity index (χ4n) is 4.26. The van der Waals surface area contributed by atoms with E-state index in [0.29, 0.717) is 34.9 Å². The van der Waals surface area contributed by atoms with Gasteiger partial charge in [0.15, 0.2) is 11.5 Å². The van der Waals surface area contributed by atoms with Crippen LogP contribution in [0.4, 0.5) is 17.8 Å². The predicted molar refractivity (Wildman–Crippen MR) is 134 cm³/mol. The zero-order valence-electron chi connectivity index (χ0n) is 20.6. The quantitative estimate of drug-likeness (QED) is 0.260. The Kier molecular flexibility index (Phi) is 8.17. The Bertz CT molecular complexity index is 989. The van der Waals surface area contributed by atoms with Crippen LogP contribution in [0, 0.1) is 0 Å². The van der Waals surface area contributed by atoms with Crippen LogP contribution in [0.3, 0.4) is 0 Å². The maximum atomic E-state index is 11.5. The van der Waals surface area contributed by atoms with Gasteiger partial charge in [-0.05, 0) is 50.7 Å². The number of hydrogen-bond donors (Lipinski definition) is 1. The number of ether oxygens (including phenoxy) is 3. The maximum absolute atomic E-state index is 11.5. The van der Waals surface area contributed by atoms with Crippen LogP contribution < -0.4 is 29.4 Å². The second-order valence-electron chi connectivity index (χ2n) is 8.57. The maximum Gasteiger partial charge on any atom is 0.308 e. The van der Waals surface area contributed by atoms with E-state index < -0.39 is 5.97 Å². The molecule has 0 amide bonds. The normalized spacial score (nSPS) is 16.3. The van der Waals surface area contributed by atoms with Crippen LogP contribution in [0.25, 0.3) is 0 Å². The van der Waals surface area contributed by atoms with Gasteiger partial charge in [0.05, 0.1) is 20.4 Å². The lowest BCUT2D eigenvalue weighted by atomic mass is 10.1. The molecule has 1 aromatic heterocycles. The Morgan fingerprint density at radius 2 is 1.40 bits per heavy atom. The number of nitrogens with one attached hydrogen (secondary N) is 1. The lowest BCUT2D eigenvalue weighted by molar-refractivity contribution is -0.132. The standard InChI is InChI=1S/C24H33N7O4/c1-17(32)35-21-19(33-2)14-18(15-20(21)34-3)16-25-29-22-26-23(30-10-6-4-7-11-30)28-24(27-22)31-12-8-5-9-13-31/h14-16H,4-13H2,1-3H3,(H,26,27,28,29)/b25-16-. The van der Waals surface area contributed by atoms with Gasteiger partial charge in [0, 0.05) is 38.7 Å². The molecule has 188 valence electrons. The molecule has 0 aliphatic carbocycles. The van der Waals surface area contributed by atoms with Gasteiger partial charge in [-0.1, -0.05) is 0 Å². The second-order valence-corrected chi connectivity index (χ2v) is 8.57. The van der Waals surface area contributed by atoms with Crippen LogP contribution in [-0.2, 0) is 4.79 Å². The van der Waals surface area contributed by atoms with Crippen molar-refractivity contribution in [3.63, 3.8) is 0 Å². The number of piperidine rings is 2. The minimum atomic E-state index is -0.464. The van der Waals surface area contributed by atoms with Crippen LogP contribution >= 0.6 is 0 Å². The molecule has 2 aliphatic rings. The van der Waals surface area contributed by atoms with Crippen molar-refractivity contribution in [1.82, 2.24) is 15.0 Å². The molecule has 0 radical (unpaired) electrons. The number of carbonyl (C=O) groups excluding carboxylic acids is 1. The molecule has 2 aromatic rings. The SMILES string of the molecule is COc1cc(/C=N\Nc2nc(N3CCCCC3)nc(N3CCCCC3)n2)cc(OC)c1OC(C)=O. The van der Waals surface area contributed by atoms with Gasteiger partial charge in [0.1, 0.15) is 0 Å². The monoisotopic (exact) mass is 483 g/mol. The molecule has 1 N–H and O–H groups in total. The van der Waals surface area contributed by atoms with Crippen molar-refractivity contribution in [3.05, 3.63) is 17.7 Å². The van der Waals surface area contributed by atoms with E-state index in [4.69, 9.17) is 19.2 Å². The number of rotatable bonds is 8. The van der Waals surface area contributed by atoms with Crippen molar-refractivity contribution in [2.45, 2.75) is 45.4 Å². The van der Waals surface area contributed by atoms with Crippen LogP contribution in [0.2, 0.25) is 0 Å². The van der Waals surface area contributed by atoms with Gasteiger partial charge in [-0.15, -0.1) is 0 Å². The summed E-state index contributed by atoms with van der Waals surface area (Å²) in [5, 5.41) is 4.34. The van der Waals surface area contributed by atoms with Crippen LogP contribution in [0.15, 0.2) is 17.2 Å². The molecule has 11 heteroatoms. The molecule has 35 heavy (non-hydrogen) atoms. The average Bonchev–Trinajstić information content (AvgIpc) is 2.89. The molecule has 4 rings (SSSR count). The largest absolute Gasteiger partial charge is 0.493 e. The van der Waals surface area contributed by atoms with Crippen molar-refractivity contribution < 1.29 is 19.0 Å². The highest BCUT2D eigenvalue weighted by Gasteiger charge is 2.20. The Balaban J connectivity index is 1.57. The highest BCUT2D eigenvalue weighted by molar-refractivity contribution is 5.83. The first-order valence-corrected chi connectivity index (χ1v) is 12.1. The number of methoxy groups -OCH3 is 2. The first kappa shape index (κ1) is 24.5. The summed E-state index contributed by atoms with van der Waals surface area (Å²) in [5.41, 5.74) is 3.64. The number of esters is 1. The predicted octanol–water partition coefficient (Wildman–Crippen LogP) is 3.24. The Labute approximate surface area is 205 Å². The zero-order valence-corrected chi connectivity index (χ0v) is 20.6. The molecule has 0 atom stereocenters. The van der Waals surface area contributed by atoms with Gasteiger partial charge in [0.25, 0.3) is 0 Å². The number of nitrogens with zero attached hydrogens (tertiary/aromatic N) is 6. The molecule has 11 nitrogen and oxygen atoms in total. The van der Waals surface area contributed by atoms with Crippen molar-refractivity contribution >= 4 is 30.0 Å². The molecule has 1 aromatic carbocycles. The van der Waals surface area contributed by atoms with Crippen molar-refractivity contribution in [1.29, 1.82) is 0 Å². The van der Waals surface area contributed by atoms with E-state index in [1.165, 1.54) is 34.0 Å². The summed E-state index contributed by atoms with van der Waals surface area (Å²) in [7, 11) is 2.99. The molecule has 3 heterocycles. The van der Waals surface area contributed by atoms with Crippen LogP contribution in [0.1, 0.15) is 51.0 Å². The Morgan fingerprint density at radius 3 is 1.86 bits per heavy atom. The minimum absolute atomic E-state index is 0.224. The summed E-state index contributed by atoms with van der Waals surface area (Å²) in [4.78, 5) is 30.0. The summed E-state index contributed by atoms with van der Waals surface area (Å²) >= 11 is 0. The van der Waals surface area contributed by atoms with E-state index in [0.717, 1.165) is 51.9 Å². The van der Waals surface area contributed by atoms with Gasteiger partial charge in [-0.3, -0.25) is 4.79 Å². The summed E-state index contributed by atoms with van der Waals surface area (Å²) in [5.74, 6) is 2.25. The number of carbonyl (C=O) groups is 1. The van der Waals surface area contributed by atoms with Crippen LogP contribution in [0.5, 0.6) is 17.2 Å². The number of hydrogen-bond acceptors (Lipinski definition) is 11. The van der Waals surface area contributed by atoms with Crippen molar-refractivity contribution in [3.8, 4) is 17.2 Å². The first-order chi connectivity index (χ1) is 17.1. The summed E-state index contributed by atoms with van der Waals surface area (Å²) < 4.78 is 16.0. The molecule has 0 saturated carbocycles. The second kappa shape index (κ2) is 11.7. The third kappa shape index (κ3) is 6.28. The minimum Gasteiger partial charge on any atom is -0.493 e. The summed E-state index contributed by atoms with van der Waals surface area (Å²) in [6.45, 7) is 5.10. The molecular weight excluding hydrogens is 450 g/mol. The average molecular weight is 484 g/mol. The van der Waals surface area contributed by atoms with Gasteiger partial charge < -0.3 is 24.0 Å². The van der Waals surface area contributed by atoms with Gasteiger partial charge >= 0.3 is 5.97 Å². The highest BCUT2D eigenvalue weighted by atomic mass is 16.6. The fourth-order valence-corrected chi connectivity index (χ4v) is 4.26. The third-order valence-corrected chi connectivity index (χ3v) is 6.00. The number of benzene rings is 1. The van der Waals surface area contributed by atoms with Crippen LogP contribution in [-0.4, -0.2) is 67.5 Å². The summed E-state index contributed by atoms with van der Waals surface area (Å²) in [6, 6.07) is 3.41. The van der Waals surface area contributed by atoms with E-state index in [9.17, 15) is 4.79 Å². The smallest absolute Gasteiger partial charge is 0.308 e. The molecule has 2 fully saturated rings. The lowest BCUT2D eigenvalue weighted by Crippen LogP contribution is -2.34. The fraction of sp³-hybridized carbons (Fsp3) is 0.542. The third-order valence-electron chi connectivity index (χ3n) is 6.00. The molecule has 0 unspecified atom stereocenters. The van der Waals surface area contributed by atoms with E-state index >= 15 is 0 Å². The summed E-state index contributed by atoms with van der Waals surface area (Å²) in [6.07, 6.45) is 8.63. The highest BCUT2D eigenvalue weighted by Crippen LogP contribution is 2.38. The number of anilines is 3. The zero-order chi connectivity index (χ0) is 24.6. The van der Waals surface area contributed by atoms with Gasteiger partial charge in [-0.2, -0.15) is 20.1 Å². The number of hydrazone groups is 1. The van der Waals surface area contributed by atoms with E-state index in [2.05, 4.69) is 30.3 Å². The molecule has 2 aliphatic heterocycles. The molecule has 0 spiro atoms. The van der Waals surface area contributed by atoms with E-state index in [1.54, 1.807) is 18.3 Å². The van der Waals surface area contributed by atoms with E-state index in [1.807, 2.05) is 0 Å². The molecule has 2 saturated heterocycles. The van der Waals surface area contributed by atoms with E-state index in [-0.39, 0.29) is 5.75 Å².